The molecule has 0 aliphatic heterocycles. The van der Waals surface area contributed by atoms with E-state index in [0.717, 1.165) is 24.3 Å². The SMILES string of the molecule is O=C(O)COCC(F)(F)c1ccc(F)cc1. The van der Waals surface area contributed by atoms with Gasteiger partial charge in [0.05, 0.1) is 0 Å². The molecule has 88 valence electrons. The number of halogens is 3. The van der Waals surface area contributed by atoms with E-state index in [1.54, 1.807) is 0 Å². The number of carboxylic acid groups (broad SMARTS) is 1. The van der Waals surface area contributed by atoms with Crippen LogP contribution in [0.25, 0.3) is 0 Å². The van der Waals surface area contributed by atoms with Gasteiger partial charge in [0, 0.05) is 5.56 Å². The van der Waals surface area contributed by atoms with Crippen molar-refractivity contribution >= 4 is 5.97 Å². The Morgan fingerprint density at radius 2 is 1.88 bits per heavy atom. The highest BCUT2D eigenvalue weighted by atomic mass is 19.3. The monoisotopic (exact) mass is 234 g/mol. The molecule has 0 radical (unpaired) electrons. The minimum absolute atomic E-state index is 0.417. The quantitative estimate of drug-likeness (QED) is 0.847. The molecule has 0 heterocycles. The van der Waals surface area contributed by atoms with E-state index in [9.17, 15) is 18.0 Å². The van der Waals surface area contributed by atoms with Crippen LogP contribution in [0.1, 0.15) is 5.56 Å². The standard InChI is InChI=1S/C10H9F3O3/c11-8-3-1-7(2-4-8)10(12,13)6-16-5-9(14)15/h1-4H,5-6H2,(H,14,15). The summed E-state index contributed by atoms with van der Waals surface area (Å²) in [6.45, 7) is -1.85. The smallest absolute Gasteiger partial charge is 0.329 e. The summed E-state index contributed by atoms with van der Waals surface area (Å²) >= 11 is 0. The van der Waals surface area contributed by atoms with E-state index in [0.29, 0.717) is 0 Å². The lowest BCUT2D eigenvalue weighted by molar-refractivity contribution is -0.147. The molecule has 1 aromatic rings. The molecule has 16 heavy (non-hydrogen) atoms. The molecular weight excluding hydrogens is 225 g/mol. The number of rotatable bonds is 5. The normalized spacial score (nSPS) is 11.4. The van der Waals surface area contributed by atoms with Crippen LogP contribution in [0.15, 0.2) is 24.3 Å². The van der Waals surface area contributed by atoms with Gasteiger partial charge in [0.2, 0.25) is 0 Å². The molecule has 3 nitrogen and oxygen atoms in total. The maximum absolute atomic E-state index is 13.3. The van der Waals surface area contributed by atoms with Gasteiger partial charge in [0.1, 0.15) is 19.0 Å². The molecule has 0 atom stereocenters. The van der Waals surface area contributed by atoms with Gasteiger partial charge in [-0.15, -0.1) is 0 Å². The molecule has 0 aliphatic rings. The second kappa shape index (κ2) is 4.98. The van der Waals surface area contributed by atoms with Crippen molar-refractivity contribution in [3.05, 3.63) is 35.6 Å². The summed E-state index contributed by atoms with van der Waals surface area (Å²) in [5.74, 6) is -5.27. The predicted molar refractivity (Wildman–Crippen MR) is 48.7 cm³/mol. The van der Waals surface area contributed by atoms with Crippen LogP contribution in [-0.4, -0.2) is 24.3 Å². The van der Waals surface area contributed by atoms with Crippen LogP contribution in [-0.2, 0) is 15.5 Å². The maximum atomic E-state index is 13.3. The average molecular weight is 234 g/mol. The lowest BCUT2D eigenvalue weighted by Gasteiger charge is -2.16. The lowest BCUT2D eigenvalue weighted by atomic mass is 10.1. The molecule has 1 rings (SSSR count). The Kier molecular flexibility index (Phi) is 3.89. The van der Waals surface area contributed by atoms with Crippen LogP contribution in [0.4, 0.5) is 13.2 Å². The molecule has 0 spiro atoms. The number of carbonyl (C=O) groups is 1. The Hall–Kier alpha value is -1.56. The second-order valence-electron chi connectivity index (χ2n) is 3.10. The molecule has 0 saturated heterocycles. The van der Waals surface area contributed by atoms with E-state index in [1.165, 1.54) is 0 Å². The molecule has 0 amide bonds. The zero-order valence-corrected chi connectivity index (χ0v) is 8.12. The van der Waals surface area contributed by atoms with Gasteiger partial charge >= 0.3 is 5.97 Å². The fourth-order valence-electron chi connectivity index (χ4n) is 1.04. The molecule has 0 aliphatic carbocycles. The molecule has 0 fully saturated rings. The molecule has 1 aromatic carbocycles. The largest absolute Gasteiger partial charge is 0.480 e. The molecule has 0 saturated carbocycles. The Morgan fingerprint density at radius 3 is 2.38 bits per heavy atom. The van der Waals surface area contributed by atoms with E-state index < -0.39 is 36.5 Å². The highest BCUT2D eigenvalue weighted by molar-refractivity contribution is 5.67. The Labute approximate surface area is 89.5 Å². The van der Waals surface area contributed by atoms with E-state index >= 15 is 0 Å². The maximum Gasteiger partial charge on any atom is 0.329 e. The zero-order valence-electron chi connectivity index (χ0n) is 8.12. The minimum atomic E-state index is -3.33. The van der Waals surface area contributed by atoms with Gasteiger partial charge in [-0.25, -0.2) is 9.18 Å². The van der Waals surface area contributed by atoms with E-state index in [2.05, 4.69) is 4.74 Å². The first-order valence-corrected chi connectivity index (χ1v) is 4.35. The Balaban J connectivity index is 2.62. The first kappa shape index (κ1) is 12.5. The summed E-state index contributed by atoms with van der Waals surface area (Å²) in [7, 11) is 0. The summed E-state index contributed by atoms with van der Waals surface area (Å²) in [6, 6.07) is 3.67. The summed E-state index contributed by atoms with van der Waals surface area (Å²) in [5.41, 5.74) is -0.417. The van der Waals surface area contributed by atoms with Crippen molar-refractivity contribution in [2.24, 2.45) is 0 Å². The molecule has 1 N–H and O–H groups in total. The summed E-state index contributed by atoms with van der Waals surface area (Å²) < 4.78 is 43.4. The molecule has 0 bridgehead atoms. The van der Waals surface area contributed by atoms with Crippen LogP contribution in [0.2, 0.25) is 0 Å². The van der Waals surface area contributed by atoms with Gasteiger partial charge in [0.25, 0.3) is 5.92 Å². The second-order valence-corrected chi connectivity index (χ2v) is 3.10. The lowest BCUT2D eigenvalue weighted by Crippen LogP contribution is -2.23. The third-order valence-electron chi connectivity index (χ3n) is 1.78. The number of ether oxygens (including phenoxy) is 1. The minimum Gasteiger partial charge on any atom is -0.480 e. The number of hydrogen-bond acceptors (Lipinski definition) is 2. The molecule has 0 unspecified atom stereocenters. The Bertz CT molecular complexity index is 362. The summed E-state index contributed by atoms with van der Waals surface area (Å²) in [4.78, 5) is 10.0. The third-order valence-corrected chi connectivity index (χ3v) is 1.78. The predicted octanol–water partition coefficient (Wildman–Crippen LogP) is 2.02. The number of hydrogen-bond donors (Lipinski definition) is 1. The van der Waals surface area contributed by atoms with E-state index in [4.69, 9.17) is 5.11 Å². The van der Waals surface area contributed by atoms with Crippen molar-refractivity contribution in [2.45, 2.75) is 5.92 Å². The van der Waals surface area contributed by atoms with Crippen LogP contribution in [0.5, 0.6) is 0 Å². The molecule has 6 heteroatoms. The van der Waals surface area contributed by atoms with E-state index in [-0.39, 0.29) is 0 Å². The van der Waals surface area contributed by atoms with Gasteiger partial charge in [-0.3, -0.25) is 0 Å². The van der Waals surface area contributed by atoms with Crippen molar-refractivity contribution in [3.63, 3.8) is 0 Å². The number of benzene rings is 1. The first-order valence-electron chi connectivity index (χ1n) is 4.35. The number of alkyl halides is 2. The van der Waals surface area contributed by atoms with Crippen molar-refractivity contribution in [3.8, 4) is 0 Å². The van der Waals surface area contributed by atoms with Crippen molar-refractivity contribution in [1.82, 2.24) is 0 Å². The number of aliphatic carboxylic acids is 1. The fraction of sp³-hybridized carbons (Fsp3) is 0.300. The van der Waals surface area contributed by atoms with Gasteiger partial charge in [-0.1, -0.05) is 12.1 Å². The van der Waals surface area contributed by atoms with Gasteiger partial charge in [0.15, 0.2) is 0 Å². The fourth-order valence-corrected chi connectivity index (χ4v) is 1.04. The summed E-state index contributed by atoms with van der Waals surface area (Å²) in [6.07, 6.45) is 0. The molecular formula is C10H9F3O3. The Morgan fingerprint density at radius 1 is 1.31 bits per heavy atom. The first-order chi connectivity index (χ1) is 7.42. The van der Waals surface area contributed by atoms with Crippen molar-refractivity contribution < 1.29 is 27.8 Å². The van der Waals surface area contributed by atoms with Crippen LogP contribution >= 0.6 is 0 Å². The highest BCUT2D eigenvalue weighted by Gasteiger charge is 2.32. The highest BCUT2D eigenvalue weighted by Crippen LogP contribution is 2.28. The van der Waals surface area contributed by atoms with Crippen LogP contribution in [0, 0.1) is 5.82 Å². The number of carboxylic acids is 1. The average Bonchev–Trinajstić information content (AvgIpc) is 2.17. The van der Waals surface area contributed by atoms with E-state index in [1.807, 2.05) is 0 Å². The van der Waals surface area contributed by atoms with Gasteiger partial charge in [-0.2, -0.15) is 8.78 Å². The zero-order chi connectivity index (χ0) is 12.2. The summed E-state index contributed by atoms with van der Waals surface area (Å²) in [5, 5.41) is 8.20. The van der Waals surface area contributed by atoms with Crippen molar-refractivity contribution in [2.75, 3.05) is 13.2 Å². The van der Waals surface area contributed by atoms with Crippen LogP contribution in [0.3, 0.4) is 0 Å². The van der Waals surface area contributed by atoms with Gasteiger partial charge < -0.3 is 9.84 Å². The molecule has 0 aromatic heterocycles. The van der Waals surface area contributed by atoms with Crippen molar-refractivity contribution in [1.29, 1.82) is 0 Å². The van der Waals surface area contributed by atoms with Crippen LogP contribution < -0.4 is 0 Å². The van der Waals surface area contributed by atoms with Gasteiger partial charge in [-0.05, 0) is 12.1 Å². The third kappa shape index (κ3) is 3.54. The topological polar surface area (TPSA) is 46.5 Å².